The average Bonchev–Trinajstić information content (AvgIpc) is 2.49. The number of rotatable bonds is 4. The van der Waals surface area contributed by atoms with E-state index in [0.29, 0.717) is 17.5 Å². The third-order valence-corrected chi connectivity index (χ3v) is 2.67. The number of hydrogen-bond acceptors (Lipinski definition) is 6. The number of anilines is 2. The summed E-state index contributed by atoms with van der Waals surface area (Å²) in [7, 11) is 3.61. The maximum absolute atomic E-state index is 10.6. The summed E-state index contributed by atoms with van der Waals surface area (Å²) in [5.74, 6) is 0.353. The lowest BCUT2D eigenvalue weighted by atomic mass is 10.6. The van der Waals surface area contributed by atoms with Crippen LogP contribution in [0.3, 0.4) is 0 Å². The fraction of sp³-hybridized carbons (Fsp3) is 0.571. The maximum Gasteiger partial charge on any atom is 0.369 e. The van der Waals surface area contributed by atoms with E-state index in [2.05, 4.69) is 10.3 Å². The minimum absolute atomic E-state index is 0.0653. The molecule has 0 unspecified atom stereocenters. The van der Waals surface area contributed by atoms with Crippen molar-refractivity contribution in [1.29, 1.82) is 0 Å². The zero-order valence-electron chi connectivity index (χ0n) is 8.27. The lowest BCUT2D eigenvalue weighted by molar-refractivity contribution is -0.379. The Labute approximate surface area is 85.7 Å². The Kier molecular flexibility index (Phi) is 3.23. The fourth-order valence-electron chi connectivity index (χ4n) is 0.899. The molecule has 14 heavy (non-hydrogen) atoms. The van der Waals surface area contributed by atoms with Crippen LogP contribution in [0.5, 0.6) is 0 Å². The summed E-state index contributed by atoms with van der Waals surface area (Å²) >= 11 is 1.07. The first-order valence-electron chi connectivity index (χ1n) is 4.12. The van der Waals surface area contributed by atoms with Crippen molar-refractivity contribution in [3.8, 4) is 0 Å². The Bertz CT molecular complexity index is 336. The lowest BCUT2D eigenvalue weighted by Crippen LogP contribution is -2.08. The fourth-order valence-corrected chi connectivity index (χ4v) is 1.68. The van der Waals surface area contributed by atoms with Crippen LogP contribution >= 0.6 is 11.3 Å². The predicted octanol–water partition coefficient (Wildman–Crippen LogP) is 1.55. The highest BCUT2D eigenvalue weighted by atomic mass is 32.1. The standard InChI is InChI=1S/C7H12N4O2S/c1-4-8-5-6(11(12)13)14-7(9-5)10(2)3/h8H,4H2,1-3H3. The van der Waals surface area contributed by atoms with Crippen molar-refractivity contribution in [3.63, 3.8) is 0 Å². The zero-order chi connectivity index (χ0) is 10.7. The molecule has 1 aromatic rings. The normalized spacial score (nSPS) is 9.93. The molecule has 0 radical (unpaired) electrons. The van der Waals surface area contributed by atoms with Crippen molar-refractivity contribution in [3.05, 3.63) is 10.1 Å². The molecule has 0 atom stereocenters. The van der Waals surface area contributed by atoms with Crippen LogP contribution < -0.4 is 10.2 Å². The Hall–Kier alpha value is -1.37. The van der Waals surface area contributed by atoms with Crippen LogP contribution in [0.15, 0.2) is 0 Å². The number of nitro groups is 1. The largest absolute Gasteiger partial charge is 0.369 e. The van der Waals surface area contributed by atoms with E-state index < -0.39 is 4.92 Å². The topological polar surface area (TPSA) is 71.3 Å². The molecule has 0 amide bonds. The van der Waals surface area contributed by atoms with E-state index in [0.717, 1.165) is 11.3 Å². The SMILES string of the molecule is CCNc1nc(N(C)C)sc1[N+](=O)[O-]. The van der Waals surface area contributed by atoms with E-state index in [4.69, 9.17) is 0 Å². The highest BCUT2D eigenvalue weighted by molar-refractivity contribution is 7.19. The van der Waals surface area contributed by atoms with Crippen molar-refractivity contribution in [2.45, 2.75) is 6.92 Å². The van der Waals surface area contributed by atoms with E-state index in [1.807, 2.05) is 6.92 Å². The molecule has 0 bridgehead atoms. The molecule has 0 aliphatic rings. The van der Waals surface area contributed by atoms with Gasteiger partial charge < -0.3 is 10.2 Å². The third-order valence-electron chi connectivity index (χ3n) is 1.49. The summed E-state index contributed by atoms with van der Waals surface area (Å²) in [6.45, 7) is 2.50. The van der Waals surface area contributed by atoms with Crippen LogP contribution in [0.1, 0.15) is 6.92 Å². The first-order valence-corrected chi connectivity index (χ1v) is 4.94. The number of thiazole rings is 1. The summed E-state index contributed by atoms with van der Waals surface area (Å²) in [4.78, 5) is 16.1. The molecule has 0 spiro atoms. The Morgan fingerprint density at radius 3 is 2.71 bits per heavy atom. The summed E-state index contributed by atoms with van der Waals surface area (Å²) < 4.78 is 0. The summed E-state index contributed by atoms with van der Waals surface area (Å²) in [5.41, 5.74) is 0. The van der Waals surface area contributed by atoms with Gasteiger partial charge in [-0.3, -0.25) is 10.1 Å². The minimum atomic E-state index is -0.414. The van der Waals surface area contributed by atoms with Gasteiger partial charge in [-0.2, -0.15) is 4.98 Å². The molecule has 1 heterocycles. The van der Waals surface area contributed by atoms with E-state index >= 15 is 0 Å². The molecule has 6 nitrogen and oxygen atoms in total. The van der Waals surface area contributed by atoms with Crippen LogP contribution in [-0.4, -0.2) is 30.5 Å². The van der Waals surface area contributed by atoms with Crippen molar-refractivity contribution < 1.29 is 4.92 Å². The van der Waals surface area contributed by atoms with Crippen LogP contribution in [0.2, 0.25) is 0 Å². The molecule has 0 aromatic carbocycles. The second-order valence-corrected chi connectivity index (χ2v) is 3.79. The smallest absolute Gasteiger partial charge is 0.364 e. The molecular weight excluding hydrogens is 204 g/mol. The zero-order valence-corrected chi connectivity index (χ0v) is 9.09. The third kappa shape index (κ3) is 2.11. The molecule has 7 heteroatoms. The van der Waals surface area contributed by atoms with Gasteiger partial charge in [0.25, 0.3) is 0 Å². The van der Waals surface area contributed by atoms with Gasteiger partial charge in [0.1, 0.15) is 0 Å². The van der Waals surface area contributed by atoms with Crippen LogP contribution in [-0.2, 0) is 0 Å². The van der Waals surface area contributed by atoms with E-state index in [1.54, 1.807) is 19.0 Å². The van der Waals surface area contributed by atoms with Crippen molar-refractivity contribution in [2.75, 3.05) is 30.9 Å². The molecule has 1 rings (SSSR count). The molecule has 78 valence electrons. The molecular formula is C7H12N4O2S. The van der Waals surface area contributed by atoms with Gasteiger partial charge in [-0.1, -0.05) is 0 Å². The highest BCUT2D eigenvalue weighted by Crippen LogP contribution is 2.35. The van der Waals surface area contributed by atoms with Gasteiger partial charge in [-0.05, 0) is 18.3 Å². The van der Waals surface area contributed by atoms with Crippen molar-refractivity contribution >= 4 is 27.3 Å². The Balaban J connectivity index is 3.05. The molecule has 0 saturated heterocycles. The van der Waals surface area contributed by atoms with Crippen molar-refractivity contribution in [2.24, 2.45) is 0 Å². The van der Waals surface area contributed by atoms with Crippen molar-refractivity contribution in [1.82, 2.24) is 4.98 Å². The summed E-state index contributed by atoms with van der Waals surface area (Å²) in [6.07, 6.45) is 0. The van der Waals surface area contributed by atoms with Crippen LogP contribution in [0.25, 0.3) is 0 Å². The van der Waals surface area contributed by atoms with E-state index in [-0.39, 0.29) is 5.00 Å². The second-order valence-electron chi connectivity index (χ2n) is 2.83. The first-order chi connectivity index (χ1) is 6.56. The summed E-state index contributed by atoms with van der Waals surface area (Å²) in [6, 6.07) is 0. The van der Waals surface area contributed by atoms with Gasteiger partial charge in [0.15, 0.2) is 5.13 Å². The first kappa shape index (κ1) is 10.7. The monoisotopic (exact) mass is 216 g/mol. The van der Waals surface area contributed by atoms with Gasteiger partial charge in [0, 0.05) is 20.6 Å². The van der Waals surface area contributed by atoms with Gasteiger partial charge >= 0.3 is 5.00 Å². The van der Waals surface area contributed by atoms with Gasteiger partial charge in [-0.25, -0.2) is 0 Å². The molecule has 0 saturated carbocycles. The predicted molar refractivity (Wildman–Crippen MR) is 57.3 cm³/mol. The van der Waals surface area contributed by atoms with Gasteiger partial charge in [0.05, 0.1) is 4.92 Å². The molecule has 1 aromatic heterocycles. The van der Waals surface area contributed by atoms with Crippen LogP contribution in [0, 0.1) is 10.1 Å². The average molecular weight is 216 g/mol. The lowest BCUT2D eigenvalue weighted by Gasteiger charge is -2.04. The number of nitrogens with zero attached hydrogens (tertiary/aromatic N) is 3. The second kappa shape index (κ2) is 4.23. The quantitative estimate of drug-likeness (QED) is 0.610. The maximum atomic E-state index is 10.6. The molecule has 1 N–H and O–H groups in total. The molecule has 0 aliphatic carbocycles. The molecule has 0 aliphatic heterocycles. The van der Waals surface area contributed by atoms with Gasteiger partial charge in [0.2, 0.25) is 5.82 Å². The van der Waals surface area contributed by atoms with Gasteiger partial charge in [-0.15, -0.1) is 0 Å². The number of nitrogens with one attached hydrogen (secondary N) is 1. The Morgan fingerprint density at radius 2 is 2.29 bits per heavy atom. The van der Waals surface area contributed by atoms with E-state index in [9.17, 15) is 10.1 Å². The van der Waals surface area contributed by atoms with E-state index in [1.165, 1.54) is 0 Å². The van der Waals surface area contributed by atoms with Crippen LogP contribution in [0.4, 0.5) is 16.0 Å². The Morgan fingerprint density at radius 1 is 1.64 bits per heavy atom. The molecule has 0 fully saturated rings. The number of aromatic nitrogens is 1. The number of hydrogen-bond donors (Lipinski definition) is 1. The minimum Gasteiger partial charge on any atom is -0.364 e. The highest BCUT2D eigenvalue weighted by Gasteiger charge is 2.21. The summed E-state index contributed by atoms with van der Waals surface area (Å²) in [5, 5.41) is 14.2.